The van der Waals surface area contributed by atoms with Gasteiger partial charge in [-0.05, 0) is 18.8 Å². The lowest BCUT2D eigenvalue weighted by molar-refractivity contribution is 0.391. The molecule has 1 aliphatic carbocycles. The van der Waals surface area contributed by atoms with Crippen molar-refractivity contribution in [1.29, 1.82) is 0 Å². The van der Waals surface area contributed by atoms with Crippen LogP contribution < -0.4 is 5.32 Å². The van der Waals surface area contributed by atoms with Gasteiger partial charge in [0.05, 0.1) is 0 Å². The fourth-order valence-electron chi connectivity index (χ4n) is 2.08. The van der Waals surface area contributed by atoms with Crippen LogP contribution in [-0.2, 0) is 6.54 Å². The Labute approximate surface area is 83.7 Å². The first kappa shape index (κ1) is 8.26. The quantitative estimate of drug-likeness (QED) is 0.735. The average molecular weight is 192 g/mol. The predicted octanol–water partition coefficient (Wildman–Crippen LogP) is 1.61. The van der Waals surface area contributed by atoms with Gasteiger partial charge in [0.1, 0.15) is 0 Å². The van der Waals surface area contributed by atoms with E-state index in [-0.39, 0.29) is 0 Å². The maximum atomic E-state index is 4.57. The molecule has 0 saturated heterocycles. The summed E-state index contributed by atoms with van der Waals surface area (Å²) >= 11 is 0. The Morgan fingerprint density at radius 2 is 2.29 bits per heavy atom. The molecule has 1 atom stereocenters. The number of rotatable bonds is 1. The van der Waals surface area contributed by atoms with Gasteiger partial charge in [-0.15, -0.1) is 0 Å². The van der Waals surface area contributed by atoms with E-state index in [9.17, 15) is 0 Å². The Hall–Kier alpha value is -1.06. The van der Waals surface area contributed by atoms with Gasteiger partial charge in [0.25, 0.3) is 0 Å². The molecule has 2 heterocycles. The van der Waals surface area contributed by atoms with Gasteiger partial charge < -0.3 is 5.32 Å². The minimum Gasteiger partial charge on any atom is -0.354 e. The summed E-state index contributed by atoms with van der Waals surface area (Å²) in [6.07, 6.45) is 3.90. The van der Waals surface area contributed by atoms with Gasteiger partial charge in [0, 0.05) is 19.0 Å². The molecule has 3 rings (SSSR count). The van der Waals surface area contributed by atoms with Crippen LogP contribution in [0.5, 0.6) is 0 Å². The van der Waals surface area contributed by atoms with Crippen molar-refractivity contribution in [3.8, 4) is 0 Å². The predicted molar refractivity (Wildman–Crippen MR) is 54.3 cm³/mol. The van der Waals surface area contributed by atoms with Crippen molar-refractivity contribution in [1.82, 2.24) is 14.8 Å². The van der Waals surface area contributed by atoms with Crippen LogP contribution in [0, 0.1) is 5.92 Å². The lowest BCUT2D eigenvalue weighted by atomic mass is 9.85. The Morgan fingerprint density at radius 1 is 1.43 bits per heavy atom. The third kappa shape index (κ3) is 1.21. The second-order valence-corrected chi connectivity index (χ2v) is 4.59. The zero-order valence-electron chi connectivity index (χ0n) is 8.53. The molecular weight excluding hydrogens is 176 g/mol. The molecule has 4 heteroatoms. The minimum absolute atomic E-state index is 0.644. The van der Waals surface area contributed by atoms with Gasteiger partial charge >= 0.3 is 0 Å². The van der Waals surface area contributed by atoms with E-state index in [1.54, 1.807) is 0 Å². The zero-order chi connectivity index (χ0) is 9.54. The largest absolute Gasteiger partial charge is 0.354 e. The Kier molecular flexibility index (Phi) is 1.75. The zero-order valence-corrected chi connectivity index (χ0v) is 8.53. The van der Waals surface area contributed by atoms with E-state index in [1.807, 2.05) is 4.68 Å². The molecule has 0 radical (unpaired) electrons. The third-order valence-corrected chi connectivity index (χ3v) is 3.25. The molecule has 1 fully saturated rings. The van der Waals surface area contributed by atoms with E-state index in [1.165, 1.54) is 19.3 Å². The first-order chi connectivity index (χ1) is 6.83. The molecule has 0 bridgehead atoms. The molecule has 1 aromatic rings. The third-order valence-electron chi connectivity index (χ3n) is 3.25. The summed E-state index contributed by atoms with van der Waals surface area (Å²) in [6.45, 7) is 4.28. The normalized spacial score (nSPS) is 26.5. The number of nitrogens with one attached hydrogen (secondary N) is 1. The molecule has 1 unspecified atom stereocenters. The smallest absolute Gasteiger partial charge is 0.221 e. The van der Waals surface area contributed by atoms with Crippen molar-refractivity contribution in [2.45, 2.75) is 38.6 Å². The van der Waals surface area contributed by atoms with Gasteiger partial charge in [-0.25, -0.2) is 4.68 Å². The summed E-state index contributed by atoms with van der Waals surface area (Å²) in [7, 11) is 0. The monoisotopic (exact) mass is 192 g/mol. The van der Waals surface area contributed by atoms with E-state index < -0.39 is 0 Å². The second-order valence-electron chi connectivity index (χ2n) is 4.59. The maximum absolute atomic E-state index is 4.57. The highest BCUT2D eigenvalue weighted by Gasteiger charge is 2.26. The number of nitrogens with zero attached hydrogens (tertiary/aromatic N) is 3. The molecule has 0 aromatic carbocycles. The Morgan fingerprint density at radius 3 is 3.00 bits per heavy atom. The molecule has 2 aliphatic rings. The van der Waals surface area contributed by atoms with Crippen molar-refractivity contribution >= 4 is 5.95 Å². The van der Waals surface area contributed by atoms with E-state index >= 15 is 0 Å². The Balaban J connectivity index is 1.87. The summed E-state index contributed by atoms with van der Waals surface area (Å²) in [5.41, 5.74) is 0. The SMILES string of the molecule is CC1CNc2nc(C3CCC3)nn2C1. The molecule has 0 amide bonds. The molecule has 76 valence electrons. The molecule has 4 nitrogen and oxygen atoms in total. The Bertz CT molecular complexity index is 340. The van der Waals surface area contributed by atoms with Gasteiger partial charge in [0.2, 0.25) is 5.95 Å². The molecular formula is C10H16N4. The number of fused-ring (bicyclic) bond motifs is 1. The van der Waals surface area contributed by atoms with Crippen molar-refractivity contribution < 1.29 is 0 Å². The number of hydrogen-bond acceptors (Lipinski definition) is 3. The summed E-state index contributed by atoms with van der Waals surface area (Å²) < 4.78 is 2.03. The van der Waals surface area contributed by atoms with Crippen molar-refractivity contribution in [3.63, 3.8) is 0 Å². The van der Waals surface area contributed by atoms with E-state index in [0.29, 0.717) is 11.8 Å². The van der Waals surface area contributed by atoms with Crippen molar-refractivity contribution in [2.75, 3.05) is 11.9 Å². The average Bonchev–Trinajstić information content (AvgIpc) is 2.43. The van der Waals surface area contributed by atoms with E-state index in [0.717, 1.165) is 24.9 Å². The molecule has 1 aromatic heterocycles. The topological polar surface area (TPSA) is 42.7 Å². The standard InChI is InChI=1S/C10H16N4/c1-7-5-11-10-12-9(8-3-2-4-8)13-14(10)6-7/h7-8H,2-6H2,1H3,(H,11,12,13). The fourth-order valence-corrected chi connectivity index (χ4v) is 2.08. The lowest BCUT2D eigenvalue weighted by Crippen LogP contribution is -2.26. The number of aromatic nitrogens is 3. The van der Waals surface area contributed by atoms with Crippen LogP contribution in [0.15, 0.2) is 0 Å². The van der Waals surface area contributed by atoms with Crippen LogP contribution in [0.4, 0.5) is 5.95 Å². The molecule has 14 heavy (non-hydrogen) atoms. The molecule has 1 aliphatic heterocycles. The maximum Gasteiger partial charge on any atom is 0.221 e. The number of anilines is 1. The highest BCUT2D eigenvalue weighted by Crippen LogP contribution is 2.35. The van der Waals surface area contributed by atoms with Crippen LogP contribution >= 0.6 is 0 Å². The van der Waals surface area contributed by atoms with Crippen LogP contribution in [-0.4, -0.2) is 21.3 Å². The summed E-state index contributed by atoms with van der Waals surface area (Å²) in [6, 6.07) is 0. The molecule has 0 spiro atoms. The van der Waals surface area contributed by atoms with Gasteiger partial charge in [-0.3, -0.25) is 0 Å². The molecule has 1 saturated carbocycles. The lowest BCUT2D eigenvalue weighted by Gasteiger charge is -2.21. The summed E-state index contributed by atoms with van der Waals surface area (Å²) in [5.74, 6) is 3.35. The van der Waals surface area contributed by atoms with Crippen molar-refractivity contribution in [3.05, 3.63) is 5.82 Å². The van der Waals surface area contributed by atoms with Gasteiger partial charge in [0.15, 0.2) is 5.82 Å². The summed E-state index contributed by atoms with van der Waals surface area (Å²) in [5, 5.41) is 7.89. The summed E-state index contributed by atoms with van der Waals surface area (Å²) in [4.78, 5) is 4.55. The van der Waals surface area contributed by atoms with Crippen molar-refractivity contribution in [2.24, 2.45) is 5.92 Å². The van der Waals surface area contributed by atoms with Crippen LogP contribution in [0.2, 0.25) is 0 Å². The van der Waals surface area contributed by atoms with Crippen LogP contribution in [0.1, 0.15) is 37.9 Å². The van der Waals surface area contributed by atoms with E-state index in [2.05, 4.69) is 22.3 Å². The highest BCUT2D eigenvalue weighted by atomic mass is 15.4. The first-order valence-electron chi connectivity index (χ1n) is 5.51. The van der Waals surface area contributed by atoms with Crippen LogP contribution in [0.25, 0.3) is 0 Å². The first-order valence-corrected chi connectivity index (χ1v) is 5.51. The van der Waals surface area contributed by atoms with E-state index in [4.69, 9.17) is 0 Å². The van der Waals surface area contributed by atoms with Crippen LogP contribution in [0.3, 0.4) is 0 Å². The highest BCUT2D eigenvalue weighted by molar-refractivity contribution is 5.28. The fraction of sp³-hybridized carbons (Fsp3) is 0.800. The van der Waals surface area contributed by atoms with Gasteiger partial charge in [-0.1, -0.05) is 13.3 Å². The second kappa shape index (κ2) is 2.97. The minimum atomic E-state index is 0.644. The molecule has 1 N–H and O–H groups in total. The van der Waals surface area contributed by atoms with Gasteiger partial charge in [-0.2, -0.15) is 10.1 Å². The number of hydrogen-bond donors (Lipinski definition) is 1.